The Morgan fingerprint density at radius 2 is 1.55 bits per heavy atom. The van der Waals surface area contributed by atoms with Gasteiger partial charge in [-0.3, -0.25) is 24.3 Å². The molecule has 2 bridgehead atoms. The van der Waals surface area contributed by atoms with Crippen LogP contribution in [0, 0.1) is 35.5 Å². The van der Waals surface area contributed by atoms with Gasteiger partial charge in [0.15, 0.2) is 0 Å². The molecule has 2 saturated heterocycles. The van der Waals surface area contributed by atoms with Crippen molar-refractivity contribution in [2.75, 3.05) is 19.6 Å². The summed E-state index contributed by atoms with van der Waals surface area (Å²) < 4.78 is 0. The van der Waals surface area contributed by atoms with Crippen LogP contribution in [0.15, 0.2) is 36.7 Å². The lowest BCUT2D eigenvalue weighted by molar-refractivity contribution is -0.147. The zero-order chi connectivity index (χ0) is 19.7. The van der Waals surface area contributed by atoms with Crippen LogP contribution in [0.5, 0.6) is 0 Å². The largest absolute Gasteiger partial charge is 0.341 e. The predicted molar refractivity (Wildman–Crippen MR) is 104 cm³/mol. The van der Waals surface area contributed by atoms with E-state index in [1.807, 2.05) is 29.4 Å². The van der Waals surface area contributed by atoms with Gasteiger partial charge >= 0.3 is 0 Å². The maximum atomic E-state index is 13.1. The molecule has 0 unspecified atom stereocenters. The van der Waals surface area contributed by atoms with E-state index in [1.54, 1.807) is 0 Å². The van der Waals surface area contributed by atoms with Crippen molar-refractivity contribution >= 4 is 17.7 Å². The van der Waals surface area contributed by atoms with Crippen LogP contribution in [0.4, 0.5) is 0 Å². The van der Waals surface area contributed by atoms with E-state index in [2.05, 4.69) is 17.1 Å². The first-order valence-electron chi connectivity index (χ1n) is 10.8. The average Bonchev–Trinajstić information content (AvgIpc) is 3.55. The third-order valence-electron chi connectivity index (χ3n) is 8.07. The first kappa shape index (κ1) is 17.4. The fourth-order valence-corrected chi connectivity index (χ4v) is 6.51. The molecule has 6 nitrogen and oxygen atoms in total. The number of hydrogen-bond acceptors (Lipinski definition) is 4. The Morgan fingerprint density at radius 1 is 0.966 bits per heavy atom. The van der Waals surface area contributed by atoms with E-state index in [0.717, 1.165) is 19.3 Å². The van der Waals surface area contributed by atoms with Gasteiger partial charge in [-0.15, -0.1) is 0 Å². The molecule has 6 atom stereocenters. The monoisotopic (exact) mass is 391 g/mol. The summed E-state index contributed by atoms with van der Waals surface area (Å²) in [6, 6.07) is 4.08. The van der Waals surface area contributed by atoms with Crippen molar-refractivity contribution < 1.29 is 14.4 Å². The number of carbonyl (C=O) groups is 3. The predicted octanol–water partition coefficient (Wildman–Crippen LogP) is 1.84. The molecule has 4 aliphatic carbocycles. The third-order valence-corrected chi connectivity index (χ3v) is 8.07. The summed E-state index contributed by atoms with van der Waals surface area (Å²) in [7, 11) is 0. The molecule has 0 radical (unpaired) electrons. The molecule has 0 N–H and O–H groups in total. The molecule has 1 aromatic heterocycles. The second-order valence-electron chi connectivity index (χ2n) is 9.35. The molecule has 1 aromatic rings. The van der Waals surface area contributed by atoms with Crippen LogP contribution in [0.2, 0.25) is 0 Å². The third kappa shape index (κ3) is 2.54. The molecule has 6 heteroatoms. The molecule has 0 aromatic carbocycles. The number of allylic oxidation sites excluding steroid dienone is 2. The molecule has 3 heterocycles. The number of amides is 3. The molecule has 2 aliphatic heterocycles. The highest BCUT2D eigenvalue weighted by Crippen LogP contribution is 2.65. The minimum atomic E-state index is -0.216. The highest BCUT2D eigenvalue weighted by molar-refractivity contribution is 6.08. The van der Waals surface area contributed by atoms with Crippen LogP contribution in [0.1, 0.15) is 30.7 Å². The molecular weight excluding hydrogens is 366 g/mol. The van der Waals surface area contributed by atoms with E-state index in [-0.39, 0.29) is 47.9 Å². The zero-order valence-electron chi connectivity index (χ0n) is 16.3. The Balaban J connectivity index is 1.11. The summed E-state index contributed by atoms with van der Waals surface area (Å²) in [4.78, 5) is 46.2. The van der Waals surface area contributed by atoms with E-state index in [0.29, 0.717) is 30.8 Å². The van der Waals surface area contributed by atoms with Crippen molar-refractivity contribution in [3.8, 4) is 0 Å². The fourth-order valence-electron chi connectivity index (χ4n) is 6.51. The molecule has 6 aliphatic rings. The molecule has 2 saturated carbocycles. The highest BCUT2D eigenvalue weighted by Gasteiger charge is 2.67. The van der Waals surface area contributed by atoms with Crippen LogP contribution >= 0.6 is 0 Å². The van der Waals surface area contributed by atoms with Gasteiger partial charge in [-0.25, -0.2) is 0 Å². The minimum Gasteiger partial charge on any atom is -0.341 e. The summed E-state index contributed by atoms with van der Waals surface area (Å²) in [5.41, 5.74) is 1.27. The van der Waals surface area contributed by atoms with Gasteiger partial charge in [-0.1, -0.05) is 12.2 Å². The highest BCUT2D eigenvalue weighted by atomic mass is 16.2. The van der Waals surface area contributed by atoms with Crippen molar-refractivity contribution in [3.05, 3.63) is 42.2 Å². The van der Waals surface area contributed by atoms with Gasteiger partial charge in [-0.2, -0.15) is 0 Å². The number of piperidine rings is 1. The number of likely N-dealkylation sites (tertiary alicyclic amines) is 2. The van der Waals surface area contributed by atoms with Gasteiger partial charge in [-0.05, 0) is 66.5 Å². The SMILES string of the molecule is O=C(CN1C(=O)[C@@H]2[C@H]3C=C[C@@H]([C@@H]4C[C@H]34)[C@@H]2C1=O)N1CCC(c2ccncc2)CC1. The molecular formula is C23H25N3O3. The number of rotatable bonds is 3. The van der Waals surface area contributed by atoms with Gasteiger partial charge in [0.1, 0.15) is 6.54 Å². The number of carbonyl (C=O) groups excluding carboxylic acids is 3. The number of imide groups is 1. The van der Waals surface area contributed by atoms with Crippen LogP contribution in [-0.2, 0) is 14.4 Å². The Hall–Kier alpha value is -2.50. The lowest BCUT2D eigenvalue weighted by Crippen LogP contribution is -2.46. The van der Waals surface area contributed by atoms with Gasteiger partial charge in [0.25, 0.3) is 0 Å². The van der Waals surface area contributed by atoms with Crippen LogP contribution in [-0.4, -0.2) is 52.1 Å². The summed E-state index contributed by atoms with van der Waals surface area (Å²) in [5.74, 6) is 1.30. The Kier molecular flexibility index (Phi) is 3.74. The van der Waals surface area contributed by atoms with Gasteiger partial charge in [0.2, 0.25) is 17.7 Å². The summed E-state index contributed by atoms with van der Waals surface area (Å²) in [5, 5.41) is 0. The van der Waals surface area contributed by atoms with E-state index < -0.39 is 0 Å². The number of nitrogens with zero attached hydrogens (tertiary/aromatic N) is 3. The topological polar surface area (TPSA) is 70.6 Å². The van der Waals surface area contributed by atoms with Crippen LogP contribution in [0.3, 0.4) is 0 Å². The van der Waals surface area contributed by atoms with Crippen molar-refractivity contribution in [1.29, 1.82) is 0 Å². The fraction of sp³-hybridized carbons (Fsp3) is 0.565. The van der Waals surface area contributed by atoms with E-state index in [4.69, 9.17) is 0 Å². The lowest BCUT2D eigenvalue weighted by atomic mass is 9.63. The maximum Gasteiger partial charge on any atom is 0.242 e. The average molecular weight is 391 g/mol. The van der Waals surface area contributed by atoms with Crippen molar-refractivity contribution in [1.82, 2.24) is 14.8 Å². The lowest BCUT2D eigenvalue weighted by Gasteiger charge is -2.37. The maximum absolute atomic E-state index is 13.1. The Labute approximate surface area is 170 Å². The number of aromatic nitrogens is 1. The molecule has 150 valence electrons. The summed E-state index contributed by atoms with van der Waals surface area (Å²) in [6.07, 6.45) is 10.9. The van der Waals surface area contributed by atoms with E-state index in [9.17, 15) is 14.4 Å². The second kappa shape index (κ2) is 6.25. The van der Waals surface area contributed by atoms with Crippen molar-refractivity contribution in [3.63, 3.8) is 0 Å². The van der Waals surface area contributed by atoms with Crippen molar-refractivity contribution in [2.24, 2.45) is 35.5 Å². The van der Waals surface area contributed by atoms with Gasteiger partial charge in [0.05, 0.1) is 11.8 Å². The Bertz CT molecular complexity index is 869. The molecule has 7 rings (SSSR count). The Morgan fingerprint density at radius 3 is 2.14 bits per heavy atom. The standard InChI is InChI=1S/C23H25N3O3/c27-19(25-9-5-14(6-10-25)13-3-7-24-8-4-13)12-26-22(28)20-15-1-2-16(18-11-17(15)18)21(20)23(26)29/h1-4,7-8,14-18,20-21H,5-6,9-12H2/t15-,16-,17-,18+,20-,21+/m0/s1. The summed E-state index contributed by atoms with van der Waals surface area (Å²) in [6.45, 7) is 1.26. The molecule has 4 fully saturated rings. The summed E-state index contributed by atoms with van der Waals surface area (Å²) >= 11 is 0. The van der Waals surface area contributed by atoms with Crippen LogP contribution < -0.4 is 0 Å². The molecule has 0 spiro atoms. The van der Waals surface area contributed by atoms with E-state index in [1.165, 1.54) is 10.5 Å². The second-order valence-corrected chi connectivity index (χ2v) is 9.35. The molecule has 3 amide bonds. The molecule has 29 heavy (non-hydrogen) atoms. The number of pyridine rings is 1. The normalized spacial score (nSPS) is 37.7. The quantitative estimate of drug-likeness (QED) is 0.582. The zero-order valence-corrected chi connectivity index (χ0v) is 16.3. The van der Waals surface area contributed by atoms with Crippen LogP contribution in [0.25, 0.3) is 0 Å². The first-order valence-corrected chi connectivity index (χ1v) is 10.8. The minimum absolute atomic E-state index is 0.0840. The van der Waals surface area contributed by atoms with E-state index >= 15 is 0 Å². The van der Waals surface area contributed by atoms with Gasteiger partial charge < -0.3 is 4.90 Å². The smallest absolute Gasteiger partial charge is 0.242 e. The number of hydrogen-bond donors (Lipinski definition) is 0. The first-order chi connectivity index (χ1) is 14.1. The van der Waals surface area contributed by atoms with Gasteiger partial charge in [0, 0.05) is 25.5 Å². The van der Waals surface area contributed by atoms with Crippen molar-refractivity contribution in [2.45, 2.75) is 25.2 Å².